The second kappa shape index (κ2) is 18.0. The smallest absolute Gasteiger partial charge is 0.256 e. The van der Waals surface area contributed by atoms with Gasteiger partial charge >= 0.3 is 0 Å². The quantitative estimate of drug-likeness (QED) is 0.143. The lowest BCUT2D eigenvalue weighted by Crippen LogP contribution is -2.48. The Labute approximate surface area is 230 Å². The Morgan fingerprint density at radius 3 is 2.03 bits per heavy atom. The number of hydrogen-bond acceptors (Lipinski definition) is 6. The number of rotatable bonds is 12. The maximum Gasteiger partial charge on any atom is 0.256 e. The largest absolute Gasteiger partial charge is 0.356 e. The molecule has 208 valence electrons. The van der Waals surface area contributed by atoms with Crippen LogP contribution in [0.1, 0.15) is 61.6 Å². The lowest BCUT2D eigenvalue weighted by molar-refractivity contribution is -0.123. The van der Waals surface area contributed by atoms with E-state index in [0.29, 0.717) is 44.2 Å². The van der Waals surface area contributed by atoms with Crippen molar-refractivity contribution in [2.45, 2.75) is 58.0 Å². The summed E-state index contributed by atoms with van der Waals surface area (Å²) >= 11 is 0. The molecule has 0 bridgehead atoms. The molecule has 0 saturated carbocycles. The van der Waals surface area contributed by atoms with Gasteiger partial charge in [-0.25, -0.2) is 10.5 Å². The van der Waals surface area contributed by atoms with Crippen molar-refractivity contribution in [1.82, 2.24) is 31.1 Å². The van der Waals surface area contributed by atoms with Gasteiger partial charge in [0.15, 0.2) is 0 Å². The minimum atomic E-state index is -0.809. The molecule has 1 atom stereocenters. The van der Waals surface area contributed by atoms with Crippen LogP contribution in [0.25, 0.3) is 0 Å². The van der Waals surface area contributed by atoms with Gasteiger partial charge in [0.05, 0.1) is 5.69 Å². The van der Waals surface area contributed by atoms with Crippen LogP contribution in [0.4, 0.5) is 0 Å². The van der Waals surface area contributed by atoms with E-state index in [0.717, 1.165) is 5.69 Å². The maximum atomic E-state index is 13.0. The molecule has 0 aliphatic rings. The number of hydrazine groups is 1. The summed E-state index contributed by atoms with van der Waals surface area (Å²) in [6.45, 7) is 4.49. The van der Waals surface area contributed by atoms with Crippen molar-refractivity contribution in [3.8, 4) is 0 Å². The molecule has 0 aliphatic heterocycles. The Morgan fingerprint density at radius 1 is 0.897 bits per heavy atom. The van der Waals surface area contributed by atoms with E-state index in [1.807, 2.05) is 74.6 Å². The van der Waals surface area contributed by atoms with E-state index in [4.69, 9.17) is 5.84 Å². The van der Waals surface area contributed by atoms with E-state index in [9.17, 15) is 14.4 Å². The Morgan fingerprint density at radius 2 is 1.49 bits per heavy atom. The van der Waals surface area contributed by atoms with Crippen molar-refractivity contribution in [2.24, 2.45) is 5.84 Å². The molecule has 1 aromatic heterocycles. The molecular weight excluding hydrogens is 494 g/mol. The van der Waals surface area contributed by atoms with Gasteiger partial charge in [-0.05, 0) is 45.2 Å². The predicted molar refractivity (Wildman–Crippen MR) is 151 cm³/mol. The lowest BCUT2D eigenvalue weighted by atomic mass is 10.1. The summed E-state index contributed by atoms with van der Waals surface area (Å²) in [5.74, 6) is 4.40. The highest BCUT2D eigenvalue weighted by Gasteiger charge is 2.20. The summed E-state index contributed by atoms with van der Waals surface area (Å²) in [6, 6.07) is 23.1. The molecule has 1 heterocycles. The zero-order valence-electron chi connectivity index (χ0n) is 22.6. The first-order valence-corrected chi connectivity index (χ1v) is 13.1. The van der Waals surface area contributed by atoms with Crippen molar-refractivity contribution in [3.63, 3.8) is 0 Å². The van der Waals surface area contributed by atoms with E-state index in [1.54, 1.807) is 28.9 Å². The number of unbranched alkanes of at least 4 members (excludes halogenated alkanes) is 1. The van der Waals surface area contributed by atoms with Gasteiger partial charge in [-0.15, -0.1) is 5.10 Å². The van der Waals surface area contributed by atoms with Gasteiger partial charge in [0.1, 0.15) is 6.04 Å². The summed E-state index contributed by atoms with van der Waals surface area (Å²) < 4.78 is 1.76. The Balaban J connectivity index is 1.87. The third-order valence-corrected chi connectivity index (χ3v) is 5.63. The zero-order valence-corrected chi connectivity index (χ0v) is 22.6. The number of aromatic nitrogens is 3. The molecule has 39 heavy (non-hydrogen) atoms. The van der Waals surface area contributed by atoms with E-state index in [2.05, 4.69) is 26.4 Å². The number of carbonyl (C=O) groups is 3. The number of nitrogens with zero attached hydrogens (tertiary/aromatic N) is 3. The normalized spacial score (nSPS) is 11.0. The summed E-state index contributed by atoms with van der Waals surface area (Å²) in [6.07, 6.45) is 4.30. The Kier molecular flexibility index (Phi) is 14.3. The minimum Gasteiger partial charge on any atom is -0.356 e. The highest BCUT2D eigenvalue weighted by atomic mass is 16.2. The second-order valence-electron chi connectivity index (χ2n) is 9.07. The summed E-state index contributed by atoms with van der Waals surface area (Å²) in [4.78, 5) is 37.4. The fourth-order valence-corrected chi connectivity index (χ4v) is 3.43. The molecule has 0 fully saturated rings. The fourth-order valence-electron chi connectivity index (χ4n) is 3.43. The third-order valence-electron chi connectivity index (χ3n) is 5.63. The van der Waals surface area contributed by atoms with E-state index in [1.165, 1.54) is 0 Å². The second-order valence-corrected chi connectivity index (χ2v) is 9.07. The van der Waals surface area contributed by atoms with Crippen LogP contribution in [0, 0.1) is 0 Å². The first-order valence-electron chi connectivity index (χ1n) is 13.1. The lowest BCUT2D eigenvalue weighted by Gasteiger charge is -2.17. The van der Waals surface area contributed by atoms with Crippen molar-refractivity contribution in [3.05, 3.63) is 96.3 Å². The van der Waals surface area contributed by atoms with Gasteiger partial charge in [-0.2, -0.15) is 0 Å². The molecule has 0 saturated heterocycles. The van der Waals surface area contributed by atoms with Crippen LogP contribution in [-0.4, -0.2) is 45.3 Å². The van der Waals surface area contributed by atoms with Gasteiger partial charge in [0.2, 0.25) is 5.91 Å². The molecule has 0 aliphatic carbocycles. The molecule has 2 aromatic rings. The number of hydrogen-bond donors (Lipinski definition) is 4. The molecule has 10 heteroatoms. The molecule has 3 amide bonds. The van der Waals surface area contributed by atoms with Crippen molar-refractivity contribution >= 4 is 17.7 Å². The van der Waals surface area contributed by atoms with Crippen molar-refractivity contribution < 1.29 is 14.4 Å². The van der Waals surface area contributed by atoms with Crippen LogP contribution in [0.15, 0.2) is 85.1 Å². The molecule has 5 N–H and O–H groups in total. The molecule has 1 aromatic carbocycles. The molecule has 2 rings (SSSR count). The number of amides is 3. The van der Waals surface area contributed by atoms with E-state index in [-0.39, 0.29) is 11.9 Å². The average Bonchev–Trinajstić information content (AvgIpc) is 3.41. The predicted octanol–water partition coefficient (Wildman–Crippen LogP) is 3.12. The minimum absolute atomic E-state index is 0.0744. The molecule has 10 nitrogen and oxygen atoms in total. The van der Waals surface area contributed by atoms with Crippen molar-refractivity contribution in [2.75, 3.05) is 6.54 Å². The molecule has 0 unspecified atom stereocenters. The summed E-state index contributed by atoms with van der Waals surface area (Å²) in [5.41, 5.74) is 3.28. The first-order chi connectivity index (χ1) is 18.9. The highest BCUT2D eigenvalue weighted by Crippen LogP contribution is 2.06. The van der Waals surface area contributed by atoms with Gasteiger partial charge in [-0.1, -0.05) is 71.9 Å². The zero-order chi connectivity index (χ0) is 28.3. The Hall–Kier alpha value is -4.31. The maximum absolute atomic E-state index is 13.0. The van der Waals surface area contributed by atoms with Crippen LogP contribution in [0.2, 0.25) is 0 Å². The van der Waals surface area contributed by atoms with Crippen LogP contribution in [-0.2, 0) is 16.0 Å². The van der Waals surface area contributed by atoms with Crippen LogP contribution >= 0.6 is 0 Å². The fraction of sp³-hybridized carbons (Fsp3) is 0.345. The SMILES string of the molecule is CC(C)n1cc(CCC(=O)NCCCC[C@H](NC(=O)c2ccccccccccccc2)C(=O)NN)nn1. The van der Waals surface area contributed by atoms with Crippen LogP contribution in [0.5, 0.6) is 0 Å². The first kappa shape index (κ1) is 30.9. The summed E-state index contributed by atoms with van der Waals surface area (Å²) in [5, 5.41) is 13.8. The van der Waals surface area contributed by atoms with E-state index < -0.39 is 17.9 Å². The van der Waals surface area contributed by atoms with E-state index >= 15 is 0 Å². The number of nitrogens with two attached hydrogens (primary N) is 1. The summed E-state index contributed by atoms with van der Waals surface area (Å²) in [7, 11) is 0. The van der Waals surface area contributed by atoms with Gasteiger partial charge in [0, 0.05) is 37.2 Å². The van der Waals surface area contributed by atoms with Crippen LogP contribution in [0.3, 0.4) is 0 Å². The van der Waals surface area contributed by atoms with Gasteiger partial charge in [-0.3, -0.25) is 19.8 Å². The standard InChI is InChI=1S/C29H39N7O3/c1-23(2)36-22-25(34-35-36)19-20-27(37)31-21-15-14-18-26(29(39)33-30)32-28(38)24-16-12-10-8-6-4-3-5-7-9-11-13-17-24/h3-13,16-17,22-23,26H,14-15,18-21,30H2,1-2H3,(H,31,37)(H,32,38)(H,33,39)/t26-/m0/s1. The average molecular weight is 534 g/mol. The third kappa shape index (κ3) is 12.7. The molecule has 0 radical (unpaired) electrons. The highest BCUT2D eigenvalue weighted by molar-refractivity contribution is 5.97. The van der Waals surface area contributed by atoms with Gasteiger partial charge < -0.3 is 10.6 Å². The van der Waals surface area contributed by atoms with Crippen molar-refractivity contribution in [1.29, 1.82) is 0 Å². The number of carbonyl (C=O) groups excluding carboxylic acids is 3. The molecular formula is C29H39N7O3. The monoisotopic (exact) mass is 533 g/mol. The Bertz CT molecular complexity index is 1140. The van der Waals surface area contributed by atoms with Crippen LogP contribution < -0.4 is 21.9 Å². The number of nitrogens with one attached hydrogen (secondary N) is 3. The number of aryl methyl sites for hydroxylation is 1. The molecule has 0 spiro atoms. The van der Waals surface area contributed by atoms with Gasteiger partial charge in [0.25, 0.3) is 11.8 Å². The topological polar surface area (TPSA) is 144 Å².